The first kappa shape index (κ1) is 17.9. The predicted molar refractivity (Wildman–Crippen MR) is 98.0 cm³/mol. The van der Waals surface area contributed by atoms with E-state index in [2.05, 4.69) is 15.5 Å². The van der Waals surface area contributed by atoms with Gasteiger partial charge in [0.2, 0.25) is 5.91 Å². The van der Waals surface area contributed by atoms with Gasteiger partial charge in [-0.1, -0.05) is 30.3 Å². The summed E-state index contributed by atoms with van der Waals surface area (Å²) < 4.78 is 26.6. The maximum atomic E-state index is 13.7. The third kappa shape index (κ3) is 4.37. The topological polar surface area (TPSA) is 54.4 Å². The van der Waals surface area contributed by atoms with E-state index in [9.17, 15) is 13.6 Å². The minimum absolute atomic E-state index is 0.0696. The third-order valence-corrected chi connectivity index (χ3v) is 4.45. The fourth-order valence-electron chi connectivity index (χ4n) is 2.30. The second kappa shape index (κ2) is 7.97. The molecule has 0 aliphatic heterocycles. The molecule has 26 heavy (non-hydrogen) atoms. The van der Waals surface area contributed by atoms with Gasteiger partial charge in [0.15, 0.2) is 0 Å². The van der Waals surface area contributed by atoms with Crippen LogP contribution in [0.1, 0.15) is 17.5 Å². The molecule has 4 nitrogen and oxygen atoms in total. The number of nitrogens with one attached hydrogen (secondary N) is 1. The zero-order valence-corrected chi connectivity index (χ0v) is 14.7. The second-order valence-electron chi connectivity index (χ2n) is 5.53. The van der Waals surface area contributed by atoms with E-state index in [-0.39, 0.29) is 23.6 Å². The lowest BCUT2D eigenvalue weighted by atomic mass is 10.1. The number of hydrogen-bond donors (Lipinski definition) is 1. The summed E-state index contributed by atoms with van der Waals surface area (Å²) in [6, 6.07) is 12.9. The van der Waals surface area contributed by atoms with E-state index in [1.165, 1.54) is 24.3 Å². The summed E-state index contributed by atoms with van der Waals surface area (Å²) in [5, 5.41) is 6.42. The summed E-state index contributed by atoms with van der Waals surface area (Å²) in [5.41, 5.74) is 4.55. The van der Waals surface area contributed by atoms with Gasteiger partial charge in [-0.25, -0.2) is 19.2 Å². The number of carbonyl (C=O) groups is 1. The molecule has 1 heterocycles. The molecule has 3 rings (SSSR count). The molecule has 0 bridgehead atoms. The standard InChI is InChI=1S/C19H15F2N3OS/c1-12(15-8-7-14(20)9-16(15)21)23-24-18(25)10-19-22-17(11-26-19)13-5-3-2-4-6-13/h2-9,11H,10H2,1H3,(H,24,25)/b23-12-. The zero-order valence-electron chi connectivity index (χ0n) is 13.9. The number of thiazole rings is 1. The minimum atomic E-state index is -0.729. The Hall–Kier alpha value is -2.93. The molecule has 0 atom stereocenters. The molecule has 0 radical (unpaired) electrons. The van der Waals surface area contributed by atoms with Gasteiger partial charge < -0.3 is 0 Å². The highest BCUT2D eigenvalue weighted by atomic mass is 32.1. The van der Waals surface area contributed by atoms with Crippen molar-refractivity contribution in [3.05, 3.63) is 76.1 Å². The summed E-state index contributed by atoms with van der Waals surface area (Å²) in [4.78, 5) is 16.5. The normalized spacial score (nSPS) is 11.4. The van der Waals surface area contributed by atoms with Crippen LogP contribution in [0.15, 0.2) is 59.0 Å². The number of carbonyl (C=O) groups excluding carboxylic acids is 1. The number of amides is 1. The molecule has 3 aromatic rings. The third-order valence-electron chi connectivity index (χ3n) is 3.60. The van der Waals surface area contributed by atoms with E-state index >= 15 is 0 Å². The first-order valence-electron chi connectivity index (χ1n) is 7.81. The van der Waals surface area contributed by atoms with E-state index in [1.807, 2.05) is 35.7 Å². The first-order chi connectivity index (χ1) is 12.5. The highest BCUT2D eigenvalue weighted by Crippen LogP contribution is 2.21. The Kier molecular flexibility index (Phi) is 5.48. The zero-order chi connectivity index (χ0) is 18.5. The van der Waals surface area contributed by atoms with Crippen LogP contribution in [0.25, 0.3) is 11.3 Å². The van der Waals surface area contributed by atoms with Gasteiger partial charge >= 0.3 is 0 Å². The fourth-order valence-corrected chi connectivity index (χ4v) is 3.10. The van der Waals surface area contributed by atoms with Gasteiger partial charge in [0.25, 0.3) is 0 Å². The van der Waals surface area contributed by atoms with Crippen LogP contribution in [-0.4, -0.2) is 16.6 Å². The molecule has 0 unspecified atom stereocenters. The molecule has 1 aromatic heterocycles. The number of aromatic nitrogens is 1. The van der Waals surface area contributed by atoms with Crippen LogP contribution in [0.4, 0.5) is 8.78 Å². The Morgan fingerprint density at radius 3 is 2.69 bits per heavy atom. The smallest absolute Gasteiger partial charge is 0.246 e. The highest BCUT2D eigenvalue weighted by molar-refractivity contribution is 7.10. The number of hydrazone groups is 1. The van der Waals surface area contributed by atoms with E-state index in [1.54, 1.807) is 0 Å². The van der Waals surface area contributed by atoms with Gasteiger partial charge in [-0.05, 0) is 19.1 Å². The summed E-state index contributed by atoms with van der Waals surface area (Å²) >= 11 is 1.39. The highest BCUT2D eigenvalue weighted by Gasteiger charge is 2.10. The lowest BCUT2D eigenvalue weighted by Gasteiger charge is -2.03. The molecule has 7 heteroatoms. The molecule has 2 aromatic carbocycles. The Morgan fingerprint density at radius 1 is 1.19 bits per heavy atom. The Bertz CT molecular complexity index is 954. The van der Waals surface area contributed by atoms with Gasteiger partial charge in [-0.15, -0.1) is 11.3 Å². The molecule has 0 saturated carbocycles. The molecule has 0 aliphatic rings. The number of benzene rings is 2. The largest absolute Gasteiger partial charge is 0.273 e. The minimum Gasteiger partial charge on any atom is -0.273 e. The van der Waals surface area contributed by atoms with Crippen LogP contribution in [0.3, 0.4) is 0 Å². The van der Waals surface area contributed by atoms with Crippen LogP contribution in [0, 0.1) is 11.6 Å². The Morgan fingerprint density at radius 2 is 1.96 bits per heavy atom. The van der Waals surface area contributed by atoms with Crippen molar-refractivity contribution in [3.63, 3.8) is 0 Å². The van der Waals surface area contributed by atoms with Gasteiger partial charge in [-0.2, -0.15) is 5.10 Å². The number of nitrogens with zero attached hydrogens (tertiary/aromatic N) is 2. The second-order valence-corrected chi connectivity index (χ2v) is 6.47. The molecule has 0 fully saturated rings. The molecule has 0 aliphatic carbocycles. The van der Waals surface area contributed by atoms with Crippen molar-refractivity contribution >= 4 is 23.0 Å². The van der Waals surface area contributed by atoms with Crippen molar-refractivity contribution in [2.45, 2.75) is 13.3 Å². The van der Waals surface area contributed by atoms with E-state index < -0.39 is 11.6 Å². The average molecular weight is 371 g/mol. The maximum absolute atomic E-state index is 13.7. The van der Waals surface area contributed by atoms with Crippen molar-refractivity contribution in [2.24, 2.45) is 5.10 Å². The van der Waals surface area contributed by atoms with Crippen molar-refractivity contribution in [3.8, 4) is 11.3 Å². The molecule has 132 valence electrons. The molecule has 1 amide bonds. The summed E-state index contributed by atoms with van der Waals surface area (Å²) in [5.74, 6) is -1.75. The Balaban J connectivity index is 1.63. The van der Waals surface area contributed by atoms with E-state index in [0.717, 1.165) is 23.4 Å². The maximum Gasteiger partial charge on any atom is 0.246 e. The number of rotatable bonds is 5. The lowest BCUT2D eigenvalue weighted by Crippen LogP contribution is -2.21. The monoisotopic (exact) mass is 371 g/mol. The fraction of sp³-hybridized carbons (Fsp3) is 0.105. The lowest BCUT2D eigenvalue weighted by molar-refractivity contribution is -0.120. The molecule has 1 N–H and O–H groups in total. The summed E-state index contributed by atoms with van der Waals surface area (Å²) in [7, 11) is 0. The molecule has 0 saturated heterocycles. The van der Waals surface area contributed by atoms with Crippen LogP contribution in [0.5, 0.6) is 0 Å². The van der Waals surface area contributed by atoms with Crippen LogP contribution >= 0.6 is 11.3 Å². The van der Waals surface area contributed by atoms with Crippen molar-refractivity contribution in [2.75, 3.05) is 0 Å². The quantitative estimate of drug-likeness (QED) is 0.541. The van der Waals surface area contributed by atoms with E-state index in [4.69, 9.17) is 0 Å². The van der Waals surface area contributed by atoms with Gasteiger partial charge in [0.1, 0.15) is 16.6 Å². The summed E-state index contributed by atoms with van der Waals surface area (Å²) in [6.45, 7) is 1.54. The average Bonchev–Trinajstić information content (AvgIpc) is 3.09. The molecular formula is C19H15F2N3OS. The molecule has 0 spiro atoms. The number of halogens is 2. The van der Waals surface area contributed by atoms with Gasteiger partial charge in [-0.3, -0.25) is 4.79 Å². The van der Waals surface area contributed by atoms with Crippen LogP contribution < -0.4 is 5.43 Å². The Labute approximate surface area is 153 Å². The van der Waals surface area contributed by atoms with E-state index in [0.29, 0.717) is 5.01 Å². The first-order valence-corrected chi connectivity index (χ1v) is 8.69. The summed E-state index contributed by atoms with van der Waals surface area (Å²) in [6.07, 6.45) is 0.0696. The van der Waals surface area contributed by atoms with Crippen LogP contribution in [0.2, 0.25) is 0 Å². The number of hydrogen-bond acceptors (Lipinski definition) is 4. The predicted octanol–water partition coefficient (Wildman–Crippen LogP) is 4.17. The van der Waals surface area contributed by atoms with Crippen molar-refractivity contribution < 1.29 is 13.6 Å². The van der Waals surface area contributed by atoms with Crippen LogP contribution in [-0.2, 0) is 11.2 Å². The van der Waals surface area contributed by atoms with Crippen molar-refractivity contribution in [1.82, 2.24) is 10.4 Å². The van der Waals surface area contributed by atoms with Gasteiger partial charge in [0.05, 0.1) is 17.8 Å². The van der Waals surface area contributed by atoms with Crippen molar-refractivity contribution in [1.29, 1.82) is 0 Å². The molecular weight excluding hydrogens is 356 g/mol. The SMILES string of the molecule is C/C(=N/NC(=O)Cc1nc(-c2ccccc2)cs1)c1ccc(F)cc1F. The van der Waals surface area contributed by atoms with Gasteiger partial charge in [0, 0.05) is 22.6 Å².